The summed E-state index contributed by atoms with van der Waals surface area (Å²) in [4.78, 5) is 0. The summed E-state index contributed by atoms with van der Waals surface area (Å²) in [5.74, 6) is 0. The molecule has 2 N–H and O–H groups in total. The Labute approximate surface area is 157 Å². The third-order valence-electron chi connectivity index (χ3n) is 4.31. The van der Waals surface area contributed by atoms with E-state index < -0.39 is 0 Å². The predicted molar refractivity (Wildman–Crippen MR) is 110 cm³/mol. The Morgan fingerprint density at radius 1 is 1.24 bits per heavy atom. The minimum Gasteiger partial charge on any atom is -0.357 e. The molecular weight excluding hydrogens is 328 g/mol. The molecule has 2 rings (SSSR count). The first-order chi connectivity index (χ1) is 11.9. The molecule has 0 amide bonds. The first kappa shape index (κ1) is 19.4. The van der Waals surface area contributed by atoms with Gasteiger partial charge in [0.25, 0.3) is 0 Å². The number of unbranched alkanes of at least 4 members (excludes halogenated alkanes) is 1. The van der Waals surface area contributed by atoms with E-state index in [1.165, 1.54) is 18.4 Å². The Kier molecular flexibility index (Phi) is 7.00. The van der Waals surface area contributed by atoms with Crippen LogP contribution in [0.5, 0.6) is 0 Å². The van der Waals surface area contributed by atoms with Gasteiger partial charge in [-0.3, -0.25) is 4.68 Å². The van der Waals surface area contributed by atoms with E-state index in [0.717, 1.165) is 18.7 Å². The number of benzene rings is 1. The van der Waals surface area contributed by atoms with Gasteiger partial charge < -0.3 is 10.6 Å². The first-order valence-electron chi connectivity index (χ1n) is 9.02. The zero-order chi connectivity index (χ0) is 18.3. The maximum absolute atomic E-state index is 5.53. The van der Waals surface area contributed by atoms with E-state index in [-0.39, 0.29) is 11.5 Å². The second-order valence-corrected chi connectivity index (χ2v) is 7.95. The van der Waals surface area contributed by atoms with E-state index in [4.69, 9.17) is 12.2 Å². The van der Waals surface area contributed by atoms with Gasteiger partial charge in [-0.2, -0.15) is 5.10 Å². The fourth-order valence-electron chi connectivity index (χ4n) is 2.59. The van der Waals surface area contributed by atoms with Gasteiger partial charge in [0.05, 0.1) is 12.6 Å². The normalized spacial score (nSPS) is 12.6. The molecule has 4 nitrogen and oxygen atoms in total. The average Bonchev–Trinajstić information content (AvgIpc) is 3.06. The van der Waals surface area contributed by atoms with E-state index >= 15 is 0 Å². The highest BCUT2D eigenvalue weighted by molar-refractivity contribution is 7.80. The van der Waals surface area contributed by atoms with Crippen LogP contribution < -0.4 is 10.6 Å². The van der Waals surface area contributed by atoms with E-state index in [1.807, 2.05) is 16.9 Å². The van der Waals surface area contributed by atoms with E-state index in [2.05, 4.69) is 67.7 Å². The van der Waals surface area contributed by atoms with Gasteiger partial charge in [-0.15, -0.1) is 0 Å². The summed E-state index contributed by atoms with van der Waals surface area (Å²) < 4.78 is 1.94. The lowest BCUT2D eigenvalue weighted by molar-refractivity contribution is 0.262. The number of aromatic nitrogens is 2. The number of hydrogen-bond acceptors (Lipinski definition) is 2. The van der Waals surface area contributed by atoms with Crippen LogP contribution in [-0.2, 0) is 13.0 Å². The molecular formula is C20H30N4S. The SMILES string of the molecule is CCCCc1ccc(NC(=S)NC(Cn2cccn2)C(C)(C)C)cc1. The topological polar surface area (TPSA) is 41.9 Å². The molecule has 25 heavy (non-hydrogen) atoms. The fourth-order valence-corrected chi connectivity index (χ4v) is 2.85. The Bertz CT molecular complexity index is 641. The van der Waals surface area contributed by atoms with Crippen LogP contribution in [0.25, 0.3) is 0 Å². The van der Waals surface area contributed by atoms with Crippen molar-refractivity contribution in [2.75, 3.05) is 5.32 Å². The molecule has 1 aromatic carbocycles. The smallest absolute Gasteiger partial charge is 0.171 e. The average molecular weight is 359 g/mol. The number of anilines is 1. The molecule has 0 saturated carbocycles. The Balaban J connectivity index is 1.94. The van der Waals surface area contributed by atoms with Crippen LogP contribution in [0.4, 0.5) is 5.69 Å². The van der Waals surface area contributed by atoms with Crippen molar-refractivity contribution in [3.05, 3.63) is 48.3 Å². The lowest BCUT2D eigenvalue weighted by Crippen LogP contribution is -2.48. The van der Waals surface area contributed by atoms with Crippen LogP contribution in [0.1, 0.15) is 46.1 Å². The molecule has 0 radical (unpaired) electrons. The molecule has 0 spiro atoms. The Morgan fingerprint density at radius 2 is 1.96 bits per heavy atom. The van der Waals surface area contributed by atoms with Gasteiger partial charge >= 0.3 is 0 Å². The molecule has 136 valence electrons. The van der Waals surface area contributed by atoms with E-state index in [1.54, 1.807) is 6.20 Å². The third-order valence-corrected chi connectivity index (χ3v) is 4.53. The molecule has 2 aromatic rings. The summed E-state index contributed by atoms with van der Waals surface area (Å²) in [6.45, 7) is 9.61. The molecule has 0 aliphatic carbocycles. The molecule has 1 unspecified atom stereocenters. The molecule has 0 aliphatic rings. The molecule has 5 heteroatoms. The zero-order valence-corrected chi connectivity index (χ0v) is 16.6. The summed E-state index contributed by atoms with van der Waals surface area (Å²) in [5, 5.41) is 11.7. The van der Waals surface area contributed by atoms with E-state index in [9.17, 15) is 0 Å². The van der Waals surface area contributed by atoms with Crippen molar-refractivity contribution in [2.24, 2.45) is 5.41 Å². The van der Waals surface area contributed by atoms with Crippen molar-refractivity contribution < 1.29 is 0 Å². The van der Waals surface area contributed by atoms with Gasteiger partial charge in [-0.1, -0.05) is 46.2 Å². The molecule has 0 saturated heterocycles. The van der Waals surface area contributed by atoms with Crippen molar-refractivity contribution in [1.29, 1.82) is 0 Å². The Hall–Kier alpha value is -1.88. The standard InChI is InChI=1S/C20H30N4S/c1-5-6-8-16-9-11-17(12-10-16)22-19(25)23-18(20(2,3)4)15-24-14-7-13-21-24/h7,9-14,18H,5-6,8,15H2,1-4H3,(H2,22,23,25). The molecule has 1 heterocycles. The third kappa shape index (κ3) is 6.50. The zero-order valence-electron chi connectivity index (χ0n) is 15.7. The second kappa shape index (κ2) is 8.99. The van der Waals surface area contributed by atoms with Gasteiger partial charge in [0.15, 0.2) is 5.11 Å². The molecule has 1 atom stereocenters. The van der Waals surface area contributed by atoms with Gasteiger partial charge in [0.2, 0.25) is 0 Å². The highest BCUT2D eigenvalue weighted by atomic mass is 32.1. The summed E-state index contributed by atoms with van der Waals surface area (Å²) in [5.41, 5.74) is 2.45. The van der Waals surface area contributed by atoms with Crippen LogP contribution in [0.3, 0.4) is 0 Å². The van der Waals surface area contributed by atoms with Gasteiger partial charge in [0.1, 0.15) is 0 Å². The highest BCUT2D eigenvalue weighted by Gasteiger charge is 2.25. The van der Waals surface area contributed by atoms with Gasteiger partial charge in [-0.25, -0.2) is 0 Å². The predicted octanol–water partition coefficient (Wildman–Crippen LogP) is 4.63. The number of rotatable bonds is 7. The number of thiocarbonyl (C=S) groups is 1. The molecule has 0 aliphatic heterocycles. The quantitative estimate of drug-likeness (QED) is 0.708. The van der Waals surface area contributed by atoms with Crippen molar-refractivity contribution >= 4 is 23.0 Å². The summed E-state index contributed by atoms with van der Waals surface area (Å²) in [7, 11) is 0. The maximum Gasteiger partial charge on any atom is 0.171 e. The van der Waals surface area contributed by atoms with Crippen LogP contribution in [0, 0.1) is 5.41 Å². The maximum atomic E-state index is 5.53. The van der Waals surface area contributed by atoms with Crippen LogP contribution in [0.2, 0.25) is 0 Å². The van der Waals surface area contributed by atoms with Crippen molar-refractivity contribution in [3.8, 4) is 0 Å². The molecule has 0 fully saturated rings. The lowest BCUT2D eigenvalue weighted by Gasteiger charge is -2.32. The second-order valence-electron chi connectivity index (χ2n) is 7.55. The lowest BCUT2D eigenvalue weighted by atomic mass is 9.87. The summed E-state index contributed by atoms with van der Waals surface area (Å²) in [6, 6.07) is 10.7. The minimum atomic E-state index is 0.0572. The van der Waals surface area contributed by atoms with Crippen molar-refractivity contribution in [3.63, 3.8) is 0 Å². The van der Waals surface area contributed by atoms with Gasteiger partial charge in [0, 0.05) is 18.1 Å². The number of aryl methyl sites for hydroxylation is 1. The fraction of sp³-hybridized carbons (Fsp3) is 0.500. The molecule has 0 bridgehead atoms. The minimum absolute atomic E-state index is 0.0572. The van der Waals surface area contributed by atoms with Crippen molar-refractivity contribution in [2.45, 2.75) is 59.5 Å². The number of nitrogens with one attached hydrogen (secondary N) is 2. The van der Waals surface area contributed by atoms with E-state index in [0.29, 0.717) is 5.11 Å². The van der Waals surface area contributed by atoms with Crippen LogP contribution in [0.15, 0.2) is 42.7 Å². The monoisotopic (exact) mass is 358 g/mol. The number of hydrogen-bond donors (Lipinski definition) is 2. The summed E-state index contributed by atoms with van der Waals surface area (Å²) in [6.07, 6.45) is 7.36. The Morgan fingerprint density at radius 3 is 2.52 bits per heavy atom. The largest absolute Gasteiger partial charge is 0.357 e. The van der Waals surface area contributed by atoms with Gasteiger partial charge in [-0.05, 0) is 54.2 Å². The van der Waals surface area contributed by atoms with Crippen LogP contribution in [-0.4, -0.2) is 20.9 Å². The molecule has 1 aromatic heterocycles. The van der Waals surface area contributed by atoms with Crippen molar-refractivity contribution in [1.82, 2.24) is 15.1 Å². The number of nitrogens with zero attached hydrogens (tertiary/aromatic N) is 2. The van der Waals surface area contributed by atoms with Crippen LogP contribution >= 0.6 is 12.2 Å². The summed E-state index contributed by atoms with van der Waals surface area (Å²) >= 11 is 5.53. The first-order valence-corrected chi connectivity index (χ1v) is 9.43. The highest BCUT2D eigenvalue weighted by Crippen LogP contribution is 2.21.